The number of amides is 1. The summed E-state index contributed by atoms with van der Waals surface area (Å²) in [5.41, 5.74) is 3.31. The Bertz CT molecular complexity index is 1040. The maximum absolute atomic E-state index is 12.4. The van der Waals surface area contributed by atoms with Crippen molar-refractivity contribution in [1.29, 1.82) is 0 Å². The number of fused-ring (bicyclic) bond motifs is 2. The highest BCUT2D eigenvalue weighted by Crippen LogP contribution is 2.18. The SMILES string of the molecule is Cc1nc2cc(C(=O)Nc3cnc4ccccc4n3)ccc2o1. The van der Waals surface area contributed by atoms with E-state index in [1.807, 2.05) is 24.3 Å². The minimum absolute atomic E-state index is 0.267. The summed E-state index contributed by atoms with van der Waals surface area (Å²) in [6, 6.07) is 12.6. The fourth-order valence-electron chi connectivity index (χ4n) is 2.39. The van der Waals surface area contributed by atoms with Gasteiger partial charge in [0, 0.05) is 12.5 Å². The van der Waals surface area contributed by atoms with Gasteiger partial charge in [0.15, 0.2) is 17.3 Å². The van der Waals surface area contributed by atoms with Crippen molar-refractivity contribution < 1.29 is 9.21 Å². The fourth-order valence-corrected chi connectivity index (χ4v) is 2.39. The average molecular weight is 304 g/mol. The van der Waals surface area contributed by atoms with E-state index in [0.29, 0.717) is 28.4 Å². The van der Waals surface area contributed by atoms with E-state index in [1.54, 1.807) is 31.3 Å². The second-order valence-electron chi connectivity index (χ2n) is 5.11. The summed E-state index contributed by atoms with van der Waals surface area (Å²) in [5.74, 6) is 0.709. The van der Waals surface area contributed by atoms with E-state index >= 15 is 0 Å². The van der Waals surface area contributed by atoms with Crippen LogP contribution in [0.3, 0.4) is 0 Å². The van der Waals surface area contributed by atoms with Crippen LogP contribution in [0.1, 0.15) is 16.2 Å². The van der Waals surface area contributed by atoms with Crippen molar-refractivity contribution in [2.45, 2.75) is 6.92 Å². The van der Waals surface area contributed by atoms with Gasteiger partial charge in [0.25, 0.3) is 5.91 Å². The Balaban J connectivity index is 1.64. The molecular weight excluding hydrogens is 292 g/mol. The van der Waals surface area contributed by atoms with Gasteiger partial charge in [-0.1, -0.05) is 12.1 Å². The van der Waals surface area contributed by atoms with Crippen LogP contribution in [0.25, 0.3) is 22.1 Å². The number of aromatic nitrogens is 3. The molecule has 0 unspecified atom stereocenters. The van der Waals surface area contributed by atoms with Gasteiger partial charge in [-0.15, -0.1) is 0 Å². The van der Waals surface area contributed by atoms with Crippen LogP contribution in [0.2, 0.25) is 0 Å². The first-order valence-corrected chi connectivity index (χ1v) is 7.09. The van der Waals surface area contributed by atoms with Gasteiger partial charge in [0.2, 0.25) is 0 Å². The summed E-state index contributed by atoms with van der Waals surface area (Å²) in [6.07, 6.45) is 1.54. The summed E-state index contributed by atoms with van der Waals surface area (Å²) < 4.78 is 5.40. The summed E-state index contributed by atoms with van der Waals surface area (Å²) in [4.78, 5) is 25.2. The lowest BCUT2D eigenvalue weighted by molar-refractivity contribution is 0.102. The van der Waals surface area contributed by atoms with E-state index in [4.69, 9.17) is 4.42 Å². The van der Waals surface area contributed by atoms with Crippen molar-refractivity contribution >= 4 is 33.9 Å². The van der Waals surface area contributed by atoms with Crippen LogP contribution in [-0.2, 0) is 0 Å². The van der Waals surface area contributed by atoms with Crippen LogP contribution < -0.4 is 5.32 Å². The third kappa shape index (κ3) is 2.50. The van der Waals surface area contributed by atoms with E-state index in [1.165, 1.54) is 0 Å². The Labute approximate surface area is 131 Å². The number of anilines is 1. The zero-order chi connectivity index (χ0) is 15.8. The molecule has 6 nitrogen and oxygen atoms in total. The molecule has 0 saturated heterocycles. The topological polar surface area (TPSA) is 80.9 Å². The van der Waals surface area contributed by atoms with Gasteiger partial charge < -0.3 is 9.73 Å². The molecule has 1 N–H and O–H groups in total. The average Bonchev–Trinajstić information content (AvgIpc) is 2.93. The number of nitrogens with one attached hydrogen (secondary N) is 1. The van der Waals surface area contributed by atoms with Crippen LogP contribution >= 0.6 is 0 Å². The number of benzene rings is 2. The molecule has 2 heterocycles. The normalized spacial score (nSPS) is 11.0. The first kappa shape index (κ1) is 13.4. The highest BCUT2D eigenvalue weighted by Gasteiger charge is 2.11. The molecule has 6 heteroatoms. The highest BCUT2D eigenvalue weighted by molar-refractivity contribution is 6.05. The zero-order valence-electron chi connectivity index (χ0n) is 12.3. The monoisotopic (exact) mass is 304 g/mol. The van der Waals surface area contributed by atoms with Gasteiger partial charge in [0.05, 0.1) is 17.2 Å². The molecule has 0 bridgehead atoms. The van der Waals surface area contributed by atoms with Gasteiger partial charge in [0.1, 0.15) is 5.52 Å². The molecule has 4 rings (SSSR count). The molecule has 23 heavy (non-hydrogen) atoms. The largest absolute Gasteiger partial charge is 0.441 e. The van der Waals surface area contributed by atoms with Gasteiger partial charge in [-0.2, -0.15) is 0 Å². The van der Waals surface area contributed by atoms with E-state index < -0.39 is 0 Å². The first-order valence-electron chi connectivity index (χ1n) is 7.09. The molecule has 0 aliphatic heterocycles. The Hall–Kier alpha value is -3.28. The lowest BCUT2D eigenvalue weighted by atomic mass is 10.2. The zero-order valence-corrected chi connectivity index (χ0v) is 12.3. The first-order chi connectivity index (χ1) is 11.2. The summed E-state index contributed by atoms with van der Waals surface area (Å²) >= 11 is 0. The summed E-state index contributed by atoms with van der Waals surface area (Å²) in [6.45, 7) is 1.77. The molecule has 4 aromatic rings. The number of oxazole rings is 1. The molecule has 0 saturated carbocycles. The highest BCUT2D eigenvalue weighted by atomic mass is 16.3. The predicted molar refractivity (Wildman–Crippen MR) is 86.2 cm³/mol. The van der Waals surface area contributed by atoms with Gasteiger partial charge in [-0.05, 0) is 30.3 Å². The number of aryl methyl sites for hydroxylation is 1. The van der Waals surface area contributed by atoms with Crippen molar-refractivity contribution in [2.75, 3.05) is 5.32 Å². The number of rotatable bonds is 2. The smallest absolute Gasteiger partial charge is 0.256 e. The third-order valence-electron chi connectivity index (χ3n) is 3.45. The van der Waals surface area contributed by atoms with E-state index in [0.717, 1.165) is 11.0 Å². The van der Waals surface area contributed by atoms with Crippen molar-refractivity contribution in [3.8, 4) is 0 Å². The van der Waals surface area contributed by atoms with E-state index in [-0.39, 0.29) is 5.91 Å². The lowest BCUT2D eigenvalue weighted by Crippen LogP contribution is -2.13. The van der Waals surface area contributed by atoms with Crippen LogP contribution in [0.15, 0.2) is 53.1 Å². The molecule has 0 radical (unpaired) electrons. The van der Waals surface area contributed by atoms with Crippen molar-refractivity contribution in [2.24, 2.45) is 0 Å². The second-order valence-corrected chi connectivity index (χ2v) is 5.11. The Morgan fingerprint density at radius 3 is 2.74 bits per heavy atom. The number of carbonyl (C=O) groups excluding carboxylic acids is 1. The van der Waals surface area contributed by atoms with Crippen molar-refractivity contribution in [3.05, 3.63) is 60.1 Å². The molecule has 1 amide bonds. The molecule has 0 atom stereocenters. The van der Waals surface area contributed by atoms with E-state index in [2.05, 4.69) is 20.3 Å². The summed E-state index contributed by atoms with van der Waals surface area (Å²) in [7, 11) is 0. The molecule has 2 aromatic heterocycles. The van der Waals surface area contributed by atoms with Gasteiger partial charge >= 0.3 is 0 Å². The van der Waals surface area contributed by atoms with Gasteiger partial charge in [-0.25, -0.2) is 9.97 Å². The minimum Gasteiger partial charge on any atom is -0.441 e. The van der Waals surface area contributed by atoms with Crippen LogP contribution in [0.5, 0.6) is 0 Å². The second kappa shape index (κ2) is 5.17. The number of hydrogen-bond donors (Lipinski definition) is 1. The van der Waals surface area contributed by atoms with Crippen LogP contribution in [-0.4, -0.2) is 20.9 Å². The Morgan fingerprint density at radius 2 is 1.87 bits per heavy atom. The summed E-state index contributed by atoms with van der Waals surface area (Å²) in [5, 5.41) is 2.75. The number of nitrogens with zero attached hydrogens (tertiary/aromatic N) is 3. The number of hydrogen-bond acceptors (Lipinski definition) is 5. The molecule has 0 fully saturated rings. The number of carbonyl (C=O) groups is 1. The maximum atomic E-state index is 12.4. The lowest BCUT2D eigenvalue weighted by Gasteiger charge is -2.05. The minimum atomic E-state index is -0.267. The molecular formula is C17H12N4O2. The fraction of sp³-hybridized carbons (Fsp3) is 0.0588. The quantitative estimate of drug-likeness (QED) is 0.614. The van der Waals surface area contributed by atoms with E-state index in [9.17, 15) is 4.79 Å². The van der Waals surface area contributed by atoms with Crippen molar-refractivity contribution in [1.82, 2.24) is 15.0 Å². The Kier molecular flexibility index (Phi) is 3.01. The molecule has 0 aliphatic rings. The van der Waals surface area contributed by atoms with Crippen LogP contribution in [0, 0.1) is 6.92 Å². The third-order valence-corrected chi connectivity index (χ3v) is 3.45. The standard InChI is InChI=1S/C17H12N4O2/c1-10-19-14-8-11(6-7-15(14)23-10)17(22)21-16-9-18-12-4-2-3-5-13(12)20-16/h2-9H,1H3,(H,20,21,22). The maximum Gasteiger partial charge on any atom is 0.256 e. The molecule has 112 valence electrons. The van der Waals surface area contributed by atoms with Crippen LogP contribution in [0.4, 0.5) is 5.82 Å². The Morgan fingerprint density at radius 1 is 1.04 bits per heavy atom. The number of para-hydroxylation sites is 2. The molecule has 0 spiro atoms. The molecule has 2 aromatic carbocycles. The van der Waals surface area contributed by atoms with Crippen molar-refractivity contribution in [3.63, 3.8) is 0 Å². The predicted octanol–water partition coefficient (Wildman–Crippen LogP) is 3.33. The molecule has 0 aliphatic carbocycles. The van der Waals surface area contributed by atoms with Gasteiger partial charge in [-0.3, -0.25) is 9.78 Å².